The molecule has 7 heteroatoms. The molecule has 0 aliphatic heterocycles. The van der Waals surface area contributed by atoms with Crippen molar-refractivity contribution in [2.24, 2.45) is 0 Å². The Morgan fingerprint density at radius 1 is 1.67 bits per heavy atom. The summed E-state index contributed by atoms with van der Waals surface area (Å²) in [5, 5.41) is 9.34. The summed E-state index contributed by atoms with van der Waals surface area (Å²) >= 11 is 1.67. The van der Waals surface area contributed by atoms with Gasteiger partial charge in [-0.05, 0) is 10.3 Å². The third kappa shape index (κ3) is 3.62. The molecule has 1 heterocycles. The molecule has 0 aromatic carbocycles. The van der Waals surface area contributed by atoms with Crippen LogP contribution in [0.3, 0.4) is 0 Å². The summed E-state index contributed by atoms with van der Waals surface area (Å²) in [6, 6.07) is 0. The first kappa shape index (κ1) is 11.6. The summed E-state index contributed by atoms with van der Waals surface area (Å²) in [6.07, 6.45) is 1.81. The van der Waals surface area contributed by atoms with Gasteiger partial charge in [0.2, 0.25) is 11.5 Å². The number of rotatable bonds is 6. The quantitative estimate of drug-likeness (QED) is 0.537. The fraction of sp³-hybridized carbons (Fsp3) is 0.375. The number of carbonyl (C=O) groups excluding carboxylic acids is 1. The molecule has 0 unspecified atom stereocenters. The number of nitrogens with one attached hydrogen (secondary N) is 1. The van der Waals surface area contributed by atoms with Crippen molar-refractivity contribution in [2.45, 2.75) is 0 Å². The van der Waals surface area contributed by atoms with Crippen LogP contribution < -0.4 is 11.1 Å². The molecule has 0 saturated heterocycles. The van der Waals surface area contributed by atoms with E-state index in [1.807, 2.05) is 6.08 Å². The van der Waals surface area contributed by atoms with Gasteiger partial charge in [-0.3, -0.25) is 4.79 Å². The molecule has 1 rings (SSSR count). The fourth-order valence-electron chi connectivity index (χ4n) is 0.840. The lowest BCUT2D eigenvalue weighted by atomic mass is 10.4. The number of nitrogens with zero attached hydrogens (tertiary/aromatic N) is 2. The zero-order valence-electron chi connectivity index (χ0n) is 8.10. The first-order chi connectivity index (χ1) is 7.25. The molecule has 0 atom stereocenters. The predicted molar refractivity (Wildman–Crippen MR) is 58.6 cm³/mol. The van der Waals surface area contributed by atoms with Crippen molar-refractivity contribution in [1.29, 1.82) is 0 Å². The van der Waals surface area contributed by atoms with Gasteiger partial charge in [-0.2, -0.15) is 11.8 Å². The third-order valence-electron chi connectivity index (χ3n) is 1.50. The van der Waals surface area contributed by atoms with Crippen molar-refractivity contribution in [3.05, 3.63) is 18.3 Å². The minimum Gasteiger partial charge on any atom is -0.379 e. The van der Waals surface area contributed by atoms with Gasteiger partial charge in [-0.25, -0.2) is 4.63 Å². The van der Waals surface area contributed by atoms with Crippen molar-refractivity contribution in [2.75, 3.05) is 23.8 Å². The van der Waals surface area contributed by atoms with Crippen molar-refractivity contribution < 1.29 is 9.42 Å². The molecule has 82 valence electrons. The van der Waals surface area contributed by atoms with Crippen molar-refractivity contribution in [3.8, 4) is 0 Å². The highest BCUT2D eigenvalue weighted by molar-refractivity contribution is 7.99. The summed E-state index contributed by atoms with van der Waals surface area (Å²) in [7, 11) is 0. The minimum absolute atomic E-state index is 0.00578. The van der Waals surface area contributed by atoms with Crippen LogP contribution >= 0.6 is 11.8 Å². The first-order valence-corrected chi connectivity index (χ1v) is 5.46. The molecule has 0 radical (unpaired) electrons. The van der Waals surface area contributed by atoms with Gasteiger partial charge in [-0.1, -0.05) is 6.08 Å². The van der Waals surface area contributed by atoms with Gasteiger partial charge in [0.15, 0.2) is 0 Å². The van der Waals surface area contributed by atoms with Crippen LogP contribution in [0, 0.1) is 0 Å². The molecule has 1 aromatic heterocycles. The van der Waals surface area contributed by atoms with E-state index in [9.17, 15) is 4.79 Å². The van der Waals surface area contributed by atoms with Crippen LogP contribution in [-0.4, -0.2) is 34.3 Å². The van der Waals surface area contributed by atoms with E-state index in [2.05, 4.69) is 26.8 Å². The molecular weight excluding hydrogens is 216 g/mol. The second-order valence-electron chi connectivity index (χ2n) is 2.62. The highest BCUT2D eigenvalue weighted by Gasteiger charge is 2.14. The number of nitrogen functional groups attached to an aromatic ring is 1. The maximum Gasteiger partial charge on any atom is 0.277 e. The van der Waals surface area contributed by atoms with Crippen LogP contribution in [0.15, 0.2) is 17.3 Å². The summed E-state index contributed by atoms with van der Waals surface area (Å²) in [5.41, 5.74) is 5.38. The van der Waals surface area contributed by atoms with E-state index in [-0.39, 0.29) is 17.4 Å². The molecule has 3 N–H and O–H groups in total. The number of hydrogen-bond donors (Lipinski definition) is 2. The zero-order valence-corrected chi connectivity index (χ0v) is 8.92. The largest absolute Gasteiger partial charge is 0.379 e. The van der Waals surface area contributed by atoms with E-state index in [0.29, 0.717) is 6.54 Å². The Kier molecular flexibility index (Phi) is 4.69. The summed E-state index contributed by atoms with van der Waals surface area (Å²) < 4.78 is 4.31. The van der Waals surface area contributed by atoms with Crippen molar-refractivity contribution in [1.82, 2.24) is 15.6 Å². The molecule has 1 amide bonds. The van der Waals surface area contributed by atoms with E-state index in [0.717, 1.165) is 11.5 Å². The van der Waals surface area contributed by atoms with Gasteiger partial charge in [0.05, 0.1) is 0 Å². The van der Waals surface area contributed by atoms with Gasteiger partial charge in [0.25, 0.3) is 5.91 Å². The van der Waals surface area contributed by atoms with Gasteiger partial charge in [0.1, 0.15) is 0 Å². The molecule has 0 fully saturated rings. The monoisotopic (exact) mass is 228 g/mol. The van der Waals surface area contributed by atoms with Crippen molar-refractivity contribution >= 4 is 23.5 Å². The number of amides is 1. The molecule has 6 nitrogen and oxygen atoms in total. The third-order valence-corrected chi connectivity index (χ3v) is 2.46. The zero-order chi connectivity index (χ0) is 11.1. The fourth-order valence-corrected chi connectivity index (χ4v) is 1.42. The van der Waals surface area contributed by atoms with E-state index in [1.165, 1.54) is 0 Å². The molecule has 1 aromatic rings. The van der Waals surface area contributed by atoms with Gasteiger partial charge >= 0.3 is 0 Å². The number of nitrogens with two attached hydrogens (primary N) is 1. The molecule has 0 bridgehead atoms. The van der Waals surface area contributed by atoms with Crippen LogP contribution in [0.25, 0.3) is 0 Å². The van der Waals surface area contributed by atoms with Gasteiger partial charge < -0.3 is 11.1 Å². The Labute approximate surface area is 91.2 Å². The topological polar surface area (TPSA) is 94.0 Å². The van der Waals surface area contributed by atoms with E-state index >= 15 is 0 Å². The first-order valence-electron chi connectivity index (χ1n) is 4.30. The molecule has 0 spiro atoms. The highest BCUT2D eigenvalue weighted by Crippen LogP contribution is 2.03. The lowest BCUT2D eigenvalue weighted by Gasteiger charge is -2.01. The van der Waals surface area contributed by atoms with Crippen LogP contribution in [0.1, 0.15) is 10.5 Å². The van der Waals surface area contributed by atoms with Crippen LogP contribution in [-0.2, 0) is 0 Å². The Morgan fingerprint density at radius 2 is 2.47 bits per heavy atom. The summed E-state index contributed by atoms with van der Waals surface area (Å²) in [4.78, 5) is 11.4. The molecule has 0 aliphatic carbocycles. The minimum atomic E-state index is -0.368. The average Bonchev–Trinajstić information content (AvgIpc) is 2.64. The van der Waals surface area contributed by atoms with E-state index in [1.54, 1.807) is 11.8 Å². The highest BCUT2D eigenvalue weighted by atomic mass is 32.2. The van der Waals surface area contributed by atoms with Crippen LogP contribution in [0.2, 0.25) is 0 Å². The van der Waals surface area contributed by atoms with Gasteiger partial charge in [0, 0.05) is 18.1 Å². The number of hydrogen-bond acceptors (Lipinski definition) is 6. The smallest absolute Gasteiger partial charge is 0.277 e. The Bertz CT molecular complexity index is 339. The second kappa shape index (κ2) is 6.07. The predicted octanol–water partition coefficient (Wildman–Crippen LogP) is 0.301. The van der Waals surface area contributed by atoms with Crippen LogP contribution in [0.5, 0.6) is 0 Å². The summed E-state index contributed by atoms with van der Waals surface area (Å²) in [6.45, 7) is 4.14. The lowest BCUT2D eigenvalue weighted by molar-refractivity contribution is 0.0947. The van der Waals surface area contributed by atoms with Gasteiger partial charge in [-0.15, -0.1) is 6.58 Å². The second-order valence-corrected chi connectivity index (χ2v) is 3.77. The summed E-state index contributed by atoms with van der Waals surface area (Å²) in [5.74, 6) is 1.31. The lowest BCUT2D eigenvalue weighted by Crippen LogP contribution is -2.26. The number of aromatic nitrogens is 2. The number of thioether (sulfide) groups is 1. The van der Waals surface area contributed by atoms with Crippen molar-refractivity contribution in [3.63, 3.8) is 0 Å². The molecule has 15 heavy (non-hydrogen) atoms. The molecule has 0 aliphatic rings. The maximum absolute atomic E-state index is 11.4. The van der Waals surface area contributed by atoms with E-state index in [4.69, 9.17) is 5.73 Å². The van der Waals surface area contributed by atoms with E-state index < -0.39 is 0 Å². The molecular formula is C8H12N4O2S. The SMILES string of the molecule is C=CCSCCNC(=O)c1nonc1N. The Hall–Kier alpha value is -1.50. The maximum atomic E-state index is 11.4. The Balaban J connectivity index is 2.25. The standard InChI is InChI=1S/C8H12N4O2S/c1-2-4-15-5-3-10-8(13)6-7(9)12-14-11-6/h2H,1,3-5H2,(H2,9,12)(H,10,13). The molecule has 0 saturated carbocycles. The normalized spacial score (nSPS) is 9.87. The van der Waals surface area contributed by atoms with Crippen LogP contribution in [0.4, 0.5) is 5.82 Å². The number of anilines is 1. The average molecular weight is 228 g/mol. The number of carbonyl (C=O) groups is 1. The Morgan fingerprint density at radius 3 is 3.07 bits per heavy atom.